The smallest absolute Gasteiger partial charge is 0.313 e. The Bertz CT molecular complexity index is 433. The zero-order chi connectivity index (χ0) is 12.8. The molecule has 0 spiro atoms. The fourth-order valence-corrected chi connectivity index (χ4v) is 1.23. The Morgan fingerprint density at radius 1 is 1.29 bits per heavy atom. The van der Waals surface area contributed by atoms with E-state index >= 15 is 0 Å². The average Bonchev–Trinajstić information content (AvgIpc) is 2.30. The summed E-state index contributed by atoms with van der Waals surface area (Å²) in [5.41, 5.74) is 1.00. The highest BCUT2D eigenvalue weighted by molar-refractivity contribution is 6.39. The van der Waals surface area contributed by atoms with E-state index in [0.717, 1.165) is 6.42 Å². The first-order valence-electron chi connectivity index (χ1n) is 5.40. The fraction of sp³-hybridized carbons (Fsp3) is 0.333. The molecule has 1 aromatic carbocycles. The summed E-state index contributed by atoms with van der Waals surface area (Å²) >= 11 is 0. The van der Waals surface area contributed by atoms with E-state index in [0.29, 0.717) is 17.8 Å². The molecule has 17 heavy (non-hydrogen) atoms. The summed E-state index contributed by atoms with van der Waals surface area (Å²) in [5, 5.41) is 4.81. The molecule has 0 saturated carbocycles. The summed E-state index contributed by atoms with van der Waals surface area (Å²) in [6.45, 7) is 4.04. The molecule has 0 aliphatic carbocycles. The van der Waals surface area contributed by atoms with Gasteiger partial charge in [-0.05, 0) is 31.0 Å². The highest BCUT2D eigenvalue weighted by Crippen LogP contribution is 2.15. The Balaban J connectivity index is 2.67. The lowest BCUT2D eigenvalue weighted by molar-refractivity contribution is -0.136. The molecule has 0 aromatic heterocycles. The number of aryl methyl sites for hydroxylation is 1. The van der Waals surface area contributed by atoms with Crippen molar-refractivity contribution in [3.05, 3.63) is 29.6 Å². The molecule has 2 amide bonds. The molecule has 0 radical (unpaired) electrons. The van der Waals surface area contributed by atoms with Crippen molar-refractivity contribution in [2.75, 3.05) is 11.9 Å². The first-order valence-corrected chi connectivity index (χ1v) is 5.40. The number of anilines is 1. The van der Waals surface area contributed by atoms with Crippen LogP contribution < -0.4 is 10.6 Å². The lowest BCUT2D eigenvalue weighted by Gasteiger charge is -2.08. The van der Waals surface area contributed by atoms with Gasteiger partial charge in [0.15, 0.2) is 0 Å². The minimum atomic E-state index is -0.785. The third-order valence-electron chi connectivity index (χ3n) is 2.19. The largest absolute Gasteiger partial charge is 0.348 e. The van der Waals surface area contributed by atoms with Gasteiger partial charge in [-0.25, -0.2) is 4.39 Å². The number of benzene rings is 1. The minimum Gasteiger partial charge on any atom is -0.348 e. The molecule has 0 aliphatic heterocycles. The summed E-state index contributed by atoms with van der Waals surface area (Å²) in [6.07, 6.45) is 0.748. The lowest BCUT2D eigenvalue weighted by atomic mass is 10.2. The van der Waals surface area contributed by atoms with Crippen molar-refractivity contribution in [2.45, 2.75) is 20.3 Å². The van der Waals surface area contributed by atoms with Crippen molar-refractivity contribution in [3.8, 4) is 0 Å². The highest BCUT2D eigenvalue weighted by Gasteiger charge is 2.13. The topological polar surface area (TPSA) is 58.2 Å². The maximum atomic E-state index is 12.9. The van der Waals surface area contributed by atoms with Crippen LogP contribution >= 0.6 is 0 Å². The van der Waals surface area contributed by atoms with Crippen molar-refractivity contribution in [3.63, 3.8) is 0 Å². The van der Waals surface area contributed by atoms with Crippen LogP contribution in [0.15, 0.2) is 18.2 Å². The number of halogens is 1. The fourth-order valence-electron chi connectivity index (χ4n) is 1.23. The molecule has 0 unspecified atom stereocenters. The molecule has 0 atom stereocenters. The number of carbonyl (C=O) groups is 2. The minimum absolute atomic E-state index is 0.307. The molecule has 0 fully saturated rings. The molecule has 2 N–H and O–H groups in total. The van der Waals surface area contributed by atoms with E-state index in [1.54, 1.807) is 6.92 Å². The molecular formula is C12H15FN2O2. The average molecular weight is 238 g/mol. The lowest BCUT2D eigenvalue weighted by Crippen LogP contribution is -2.35. The summed E-state index contributed by atoms with van der Waals surface area (Å²) in [4.78, 5) is 22.7. The van der Waals surface area contributed by atoms with Gasteiger partial charge in [0, 0.05) is 12.2 Å². The van der Waals surface area contributed by atoms with E-state index in [2.05, 4.69) is 10.6 Å². The first-order chi connectivity index (χ1) is 8.04. The van der Waals surface area contributed by atoms with Crippen LogP contribution in [0.5, 0.6) is 0 Å². The van der Waals surface area contributed by atoms with Crippen molar-refractivity contribution in [2.24, 2.45) is 0 Å². The number of hydrogen-bond donors (Lipinski definition) is 2. The number of nitrogens with one attached hydrogen (secondary N) is 2. The van der Waals surface area contributed by atoms with Crippen molar-refractivity contribution in [1.82, 2.24) is 5.32 Å². The predicted molar refractivity (Wildman–Crippen MR) is 63.1 cm³/mol. The molecule has 0 bridgehead atoms. The van der Waals surface area contributed by atoms with Crippen LogP contribution in [-0.2, 0) is 9.59 Å². The van der Waals surface area contributed by atoms with Gasteiger partial charge in [0.25, 0.3) is 0 Å². The van der Waals surface area contributed by atoms with Gasteiger partial charge in [0.1, 0.15) is 5.82 Å². The number of amides is 2. The molecule has 1 aromatic rings. The Morgan fingerprint density at radius 2 is 2.00 bits per heavy atom. The summed E-state index contributed by atoms with van der Waals surface area (Å²) in [6, 6.07) is 4.01. The van der Waals surface area contributed by atoms with Gasteiger partial charge < -0.3 is 10.6 Å². The Labute approximate surface area is 99.2 Å². The van der Waals surface area contributed by atoms with E-state index in [-0.39, 0.29) is 0 Å². The molecule has 92 valence electrons. The van der Waals surface area contributed by atoms with Gasteiger partial charge in [-0.2, -0.15) is 0 Å². The first kappa shape index (κ1) is 13.2. The third kappa shape index (κ3) is 3.86. The zero-order valence-electron chi connectivity index (χ0n) is 9.84. The van der Waals surface area contributed by atoms with E-state index in [9.17, 15) is 14.0 Å². The molecule has 4 nitrogen and oxygen atoms in total. The molecule has 0 heterocycles. The maximum absolute atomic E-state index is 12.9. The number of carbonyl (C=O) groups excluding carboxylic acids is 2. The highest BCUT2D eigenvalue weighted by atomic mass is 19.1. The second-order valence-electron chi connectivity index (χ2n) is 3.67. The Hall–Kier alpha value is -1.91. The van der Waals surface area contributed by atoms with Gasteiger partial charge in [0.2, 0.25) is 0 Å². The Morgan fingerprint density at radius 3 is 2.65 bits per heavy atom. The second kappa shape index (κ2) is 5.98. The van der Waals surface area contributed by atoms with E-state index in [4.69, 9.17) is 0 Å². The van der Waals surface area contributed by atoms with Crippen LogP contribution in [0.25, 0.3) is 0 Å². The van der Waals surface area contributed by atoms with Gasteiger partial charge >= 0.3 is 11.8 Å². The van der Waals surface area contributed by atoms with E-state index in [1.807, 2.05) is 6.92 Å². The van der Waals surface area contributed by atoms with Crippen molar-refractivity contribution in [1.29, 1.82) is 0 Å². The quantitative estimate of drug-likeness (QED) is 0.786. The number of rotatable bonds is 3. The molecule has 5 heteroatoms. The normalized spacial score (nSPS) is 9.82. The van der Waals surface area contributed by atoms with Crippen molar-refractivity contribution >= 4 is 17.5 Å². The summed E-state index contributed by atoms with van der Waals surface area (Å²) < 4.78 is 12.9. The van der Waals surface area contributed by atoms with Gasteiger partial charge in [0.05, 0.1) is 0 Å². The molecular weight excluding hydrogens is 223 g/mol. The van der Waals surface area contributed by atoms with Crippen LogP contribution in [0.4, 0.5) is 10.1 Å². The van der Waals surface area contributed by atoms with Crippen LogP contribution in [0.1, 0.15) is 18.9 Å². The Kier molecular flexibility index (Phi) is 4.63. The SMILES string of the molecule is CCCNC(=O)C(=O)Nc1cc(F)ccc1C. The van der Waals surface area contributed by atoms with Crippen molar-refractivity contribution < 1.29 is 14.0 Å². The summed E-state index contributed by atoms with van der Waals surface area (Å²) in [5.74, 6) is -1.96. The third-order valence-corrected chi connectivity index (χ3v) is 2.19. The van der Waals surface area contributed by atoms with Crippen LogP contribution in [0.3, 0.4) is 0 Å². The maximum Gasteiger partial charge on any atom is 0.313 e. The standard InChI is InChI=1S/C12H15FN2O2/c1-3-6-14-11(16)12(17)15-10-7-9(13)5-4-8(10)2/h4-5,7H,3,6H2,1-2H3,(H,14,16)(H,15,17). The van der Waals surface area contributed by atoms with E-state index < -0.39 is 17.6 Å². The monoisotopic (exact) mass is 238 g/mol. The second-order valence-corrected chi connectivity index (χ2v) is 3.67. The molecule has 1 rings (SSSR count). The van der Waals surface area contributed by atoms with Gasteiger partial charge in [-0.3, -0.25) is 9.59 Å². The predicted octanol–water partition coefficient (Wildman–Crippen LogP) is 1.60. The number of hydrogen-bond acceptors (Lipinski definition) is 2. The van der Waals surface area contributed by atoms with Crippen LogP contribution in [0, 0.1) is 12.7 Å². The molecule has 0 saturated heterocycles. The van der Waals surface area contributed by atoms with Gasteiger partial charge in [-0.15, -0.1) is 0 Å². The van der Waals surface area contributed by atoms with Crippen LogP contribution in [-0.4, -0.2) is 18.4 Å². The van der Waals surface area contributed by atoms with Crippen LogP contribution in [0.2, 0.25) is 0 Å². The van der Waals surface area contributed by atoms with Gasteiger partial charge in [-0.1, -0.05) is 13.0 Å². The summed E-state index contributed by atoms with van der Waals surface area (Å²) in [7, 11) is 0. The zero-order valence-corrected chi connectivity index (χ0v) is 9.84. The van der Waals surface area contributed by atoms with E-state index in [1.165, 1.54) is 18.2 Å². The molecule has 0 aliphatic rings.